The van der Waals surface area contributed by atoms with Crippen LogP contribution in [0.2, 0.25) is 0 Å². The molecule has 0 saturated carbocycles. The Morgan fingerprint density at radius 3 is 1.58 bits per heavy atom. The summed E-state index contributed by atoms with van der Waals surface area (Å²) < 4.78 is 10.4. The maximum absolute atomic E-state index is 14.2. The van der Waals surface area contributed by atoms with Gasteiger partial charge in [-0.25, -0.2) is 15.1 Å². The van der Waals surface area contributed by atoms with Crippen molar-refractivity contribution in [1.29, 1.82) is 0 Å². The highest BCUT2D eigenvalue weighted by Crippen LogP contribution is 2.12. The van der Waals surface area contributed by atoms with Crippen molar-refractivity contribution >= 4 is 29.8 Å². The van der Waals surface area contributed by atoms with Crippen LogP contribution < -0.4 is 26.7 Å². The number of aliphatic hydroxyl groups excluding tert-OH is 1. The SMILES string of the molecule is COC(=O)[C@H](Cc1ccccc1)NC(=O)[C@H](CC(=O)NOCc1ccccc1)NC(=O)[C@H](Cc1ccccc1)NCC(O)[C@H](Cc1ccccc1)NC(=O)OC(C)(C)C. The van der Waals surface area contributed by atoms with Gasteiger partial charge in [0.1, 0.15) is 17.7 Å². The first-order valence-electron chi connectivity index (χ1n) is 19.5. The lowest BCUT2D eigenvalue weighted by Gasteiger charge is -2.29. The zero-order valence-corrected chi connectivity index (χ0v) is 33.9. The number of hydrogen-bond acceptors (Lipinski definition) is 10. The van der Waals surface area contributed by atoms with Gasteiger partial charge in [0.25, 0.3) is 0 Å². The Kier molecular flexibility index (Phi) is 18.0. The summed E-state index contributed by atoms with van der Waals surface area (Å²) in [5.41, 5.74) is 4.71. The highest BCUT2D eigenvalue weighted by atomic mass is 16.6. The summed E-state index contributed by atoms with van der Waals surface area (Å²) >= 11 is 0. The van der Waals surface area contributed by atoms with Crippen molar-refractivity contribution in [3.63, 3.8) is 0 Å². The molecule has 0 bridgehead atoms. The number of rotatable bonds is 21. The number of esters is 1. The van der Waals surface area contributed by atoms with E-state index in [1.54, 1.807) is 45.0 Å². The van der Waals surface area contributed by atoms with E-state index in [2.05, 4.69) is 26.7 Å². The van der Waals surface area contributed by atoms with Crippen molar-refractivity contribution in [2.75, 3.05) is 13.7 Å². The first-order valence-corrected chi connectivity index (χ1v) is 19.5. The maximum atomic E-state index is 14.2. The lowest BCUT2D eigenvalue weighted by Crippen LogP contribution is -2.58. The molecular weight excluding hydrogens is 755 g/mol. The first kappa shape index (κ1) is 45.6. The molecule has 14 heteroatoms. The smallest absolute Gasteiger partial charge is 0.407 e. The van der Waals surface area contributed by atoms with Gasteiger partial charge in [-0.1, -0.05) is 121 Å². The molecule has 4 aromatic carbocycles. The maximum Gasteiger partial charge on any atom is 0.407 e. The summed E-state index contributed by atoms with van der Waals surface area (Å²) in [5, 5.41) is 22.8. The normalized spacial score (nSPS) is 13.7. The van der Waals surface area contributed by atoms with Crippen molar-refractivity contribution in [3.8, 4) is 0 Å². The fraction of sp³-hybridized carbons (Fsp3) is 0.356. The number of benzene rings is 4. The third kappa shape index (κ3) is 16.7. The van der Waals surface area contributed by atoms with Crippen LogP contribution in [0.5, 0.6) is 0 Å². The van der Waals surface area contributed by atoms with E-state index in [-0.39, 0.29) is 32.4 Å². The zero-order valence-electron chi connectivity index (χ0n) is 33.9. The van der Waals surface area contributed by atoms with E-state index in [0.29, 0.717) is 0 Å². The molecule has 0 spiro atoms. The molecule has 5 atom stereocenters. The second-order valence-corrected chi connectivity index (χ2v) is 15.0. The summed E-state index contributed by atoms with van der Waals surface area (Å²) in [4.78, 5) is 72.6. The number of hydrogen-bond donors (Lipinski definition) is 6. The number of carbonyl (C=O) groups excluding carboxylic acids is 5. The van der Waals surface area contributed by atoms with Gasteiger partial charge in [-0.15, -0.1) is 0 Å². The van der Waals surface area contributed by atoms with Crippen LogP contribution in [0.15, 0.2) is 121 Å². The standard InChI is InChI=1S/C45H55N5O9/c1-45(2,3)59-44(56)49-35(25-31-17-9-5-10-18-31)39(51)29-46-36(26-32-19-11-6-12-20-32)41(53)47-37(28-40(52)50-58-30-34-23-15-8-16-24-34)42(54)48-38(43(55)57-4)27-33-21-13-7-14-22-33/h5-24,35-39,46,51H,25-30H2,1-4H3,(H,47,53)(H,48,54)(H,49,56)(H,50,52)/t35-,36-,37-,38-,39?/m0/s1. The molecular formula is C45H55N5O9. The van der Waals surface area contributed by atoms with Gasteiger partial charge in [-0.05, 0) is 55.9 Å². The summed E-state index contributed by atoms with van der Waals surface area (Å²) in [6.45, 7) is 5.09. The fourth-order valence-corrected chi connectivity index (χ4v) is 6.06. The molecule has 4 aromatic rings. The topological polar surface area (TPSA) is 193 Å². The number of aliphatic hydroxyl groups is 1. The number of carbonyl (C=O) groups is 5. The molecule has 4 rings (SSSR count). The van der Waals surface area contributed by atoms with E-state index < -0.39 is 72.1 Å². The van der Waals surface area contributed by atoms with Crippen molar-refractivity contribution < 1.29 is 43.4 Å². The largest absolute Gasteiger partial charge is 0.467 e. The quantitative estimate of drug-likeness (QED) is 0.0534. The number of alkyl carbamates (subject to hydrolysis) is 1. The number of amides is 4. The van der Waals surface area contributed by atoms with E-state index in [0.717, 1.165) is 22.3 Å². The summed E-state index contributed by atoms with van der Waals surface area (Å²) in [6, 6.07) is 32.0. The van der Waals surface area contributed by atoms with E-state index in [9.17, 15) is 29.1 Å². The molecule has 0 aromatic heterocycles. The average Bonchev–Trinajstić information content (AvgIpc) is 3.22. The van der Waals surface area contributed by atoms with Crippen LogP contribution in [0.25, 0.3) is 0 Å². The van der Waals surface area contributed by atoms with Crippen molar-refractivity contribution in [3.05, 3.63) is 144 Å². The summed E-state index contributed by atoms with van der Waals surface area (Å²) in [7, 11) is 1.20. The molecule has 314 valence electrons. The van der Waals surface area contributed by atoms with E-state index >= 15 is 0 Å². The first-order chi connectivity index (χ1) is 28.3. The molecule has 1 unspecified atom stereocenters. The summed E-state index contributed by atoms with van der Waals surface area (Å²) in [6.07, 6.45) is -2.00. The highest BCUT2D eigenvalue weighted by Gasteiger charge is 2.32. The van der Waals surface area contributed by atoms with Crippen LogP contribution >= 0.6 is 0 Å². The van der Waals surface area contributed by atoms with Gasteiger partial charge in [0.05, 0.1) is 38.3 Å². The van der Waals surface area contributed by atoms with Crippen LogP contribution in [0, 0.1) is 0 Å². The lowest BCUT2D eigenvalue weighted by atomic mass is 10.00. The third-order valence-corrected chi connectivity index (χ3v) is 9.01. The predicted octanol–water partition coefficient (Wildman–Crippen LogP) is 3.71. The van der Waals surface area contributed by atoms with E-state index in [1.165, 1.54) is 7.11 Å². The Morgan fingerprint density at radius 2 is 1.07 bits per heavy atom. The number of methoxy groups -OCH3 is 1. The fourth-order valence-electron chi connectivity index (χ4n) is 6.06. The third-order valence-electron chi connectivity index (χ3n) is 9.01. The Balaban J connectivity index is 1.55. The van der Waals surface area contributed by atoms with Gasteiger partial charge in [0, 0.05) is 13.0 Å². The average molecular weight is 810 g/mol. The molecule has 6 N–H and O–H groups in total. The molecule has 0 saturated heterocycles. The zero-order chi connectivity index (χ0) is 42.6. The van der Waals surface area contributed by atoms with Crippen LogP contribution in [-0.4, -0.2) is 84.4 Å². The van der Waals surface area contributed by atoms with Crippen molar-refractivity contribution in [2.24, 2.45) is 0 Å². The van der Waals surface area contributed by atoms with E-state index in [4.69, 9.17) is 14.3 Å². The van der Waals surface area contributed by atoms with Gasteiger partial charge >= 0.3 is 12.1 Å². The minimum absolute atomic E-state index is 0.0523. The molecule has 0 aliphatic carbocycles. The van der Waals surface area contributed by atoms with E-state index in [1.807, 2.05) is 97.1 Å². The molecule has 59 heavy (non-hydrogen) atoms. The highest BCUT2D eigenvalue weighted by molar-refractivity contribution is 5.95. The molecule has 0 aliphatic heterocycles. The van der Waals surface area contributed by atoms with Gasteiger partial charge in [0.2, 0.25) is 17.7 Å². The minimum Gasteiger partial charge on any atom is -0.467 e. The van der Waals surface area contributed by atoms with Crippen LogP contribution in [0.3, 0.4) is 0 Å². The Morgan fingerprint density at radius 1 is 0.610 bits per heavy atom. The number of nitrogens with one attached hydrogen (secondary N) is 5. The number of hydroxylamine groups is 1. The number of ether oxygens (including phenoxy) is 2. The second-order valence-electron chi connectivity index (χ2n) is 15.0. The molecule has 0 radical (unpaired) electrons. The van der Waals surface area contributed by atoms with Gasteiger partial charge in [-0.3, -0.25) is 19.2 Å². The Labute approximate surface area is 345 Å². The van der Waals surface area contributed by atoms with Crippen LogP contribution in [0.4, 0.5) is 4.79 Å². The van der Waals surface area contributed by atoms with Crippen molar-refractivity contribution in [1.82, 2.24) is 26.7 Å². The summed E-state index contributed by atoms with van der Waals surface area (Å²) in [5.74, 6) is -2.91. The molecule has 4 amide bonds. The van der Waals surface area contributed by atoms with Gasteiger partial charge in [0.15, 0.2) is 0 Å². The molecule has 14 nitrogen and oxygen atoms in total. The monoisotopic (exact) mass is 809 g/mol. The molecule has 0 heterocycles. The van der Waals surface area contributed by atoms with Gasteiger partial charge in [-0.2, -0.15) is 0 Å². The van der Waals surface area contributed by atoms with Crippen molar-refractivity contribution in [2.45, 2.75) is 88.9 Å². The second kappa shape index (κ2) is 23.3. The molecule has 0 fully saturated rings. The molecule has 0 aliphatic rings. The Bertz CT molecular complexity index is 1910. The predicted molar refractivity (Wildman–Crippen MR) is 221 cm³/mol. The van der Waals surface area contributed by atoms with Crippen LogP contribution in [0.1, 0.15) is 49.4 Å². The van der Waals surface area contributed by atoms with Gasteiger partial charge < -0.3 is 35.8 Å². The van der Waals surface area contributed by atoms with Crippen LogP contribution in [-0.2, 0) is 59.4 Å². The Hall–Kier alpha value is -6.09. The lowest BCUT2D eigenvalue weighted by molar-refractivity contribution is -0.145. The minimum atomic E-state index is -1.48.